The number of hydrogen-bond donors (Lipinski definition) is 4. The van der Waals surface area contributed by atoms with Gasteiger partial charge >= 0.3 is 5.69 Å². The van der Waals surface area contributed by atoms with E-state index in [9.17, 15) is 18.8 Å². The van der Waals surface area contributed by atoms with Gasteiger partial charge in [0, 0.05) is 36.0 Å². The van der Waals surface area contributed by atoms with E-state index in [1.54, 1.807) is 44.2 Å². The van der Waals surface area contributed by atoms with Crippen LogP contribution < -0.4 is 31.6 Å². The van der Waals surface area contributed by atoms with Gasteiger partial charge in [-0.15, -0.1) is 0 Å². The standard InChI is InChI=1S/C27H29FN6O3S/c1-4-12-29-38-32-17-6-5-7-19(14-17)33-23-16(3)25(35)31-24(30-21-11-8-15(2)13-20(21)28)22(23)26(36)34(27(33)37)18-9-10-18/h5-8,11,13-14,18,29,32H,4,9-10,12H2,1-3H3,(H2,30,31,35). The molecule has 0 bridgehead atoms. The zero-order valence-electron chi connectivity index (χ0n) is 21.4. The van der Waals surface area contributed by atoms with E-state index < -0.39 is 22.6 Å². The van der Waals surface area contributed by atoms with Crippen molar-refractivity contribution >= 4 is 40.2 Å². The molecule has 4 N–H and O–H groups in total. The molecule has 2 heterocycles. The molecule has 0 amide bonds. The van der Waals surface area contributed by atoms with Crippen molar-refractivity contribution in [3.63, 3.8) is 0 Å². The Kier molecular flexibility index (Phi) is 7.13. The molecule has 38 heavy (non-hydrogen) atoms. The van der Waals surface area contributed by atoms with Gasteiger partial charge in [-0.05, 0) is 69.0 Å². The number of aryl methyl sites for hydroxylation is 2. The van der Waals surface area contributed by atoms with Gasteiger partial charge in [0.25, 0.3) is 11.1 Å². The molecule has 11 heteroatoms. The number of nitrogens with one attached hydrogen (secondary N) is 4. The molecule has 1 fully saturated rings. The zero-order valence-corrected chi connectivity index (χ0v) is 22.2. The van der Waals surface area contributed by atoms with E-state index >= 15 is 0 Å². The summed E-state index contributed by atoms with van der Waals surface area (Å²) in [5, 5.41) is 3.02. The second kappa shape index (κ2) is 10.5. The van der Waals surface area contributed by atoms with Crippen LogP contribution in [0.3, 0.4) is 0 Å². The number of aromatic nitrogens is 3. The molecular weight excluding hydrogens is 507 g/mol. The summed E-state index contributed by atoms with van der Waals surface area (Å²) < 4.78 is 23.8. The van der Waals surface area contributed by atoms with Crippen LogP contribution in [0, 0.1) is 19.7 Å². The third kappa shape index (κ3) is 4.86. The van der Waals surface area contributed by atoms with E-state index in [1.807, 2.05) is 6.07 Å². The normalized spacial score (nSPS) is 13.2. The molecule has 1 saturated carbocycles. The molecule has 0 saturated heterocycles. The van der Waals surface area contributed by atoms with E-state index in [4.69, 9.17) is 0 Å². The third-order valence-electron chi connectivity index (χ3n) is 6.47. The van der Waals surface area contributed by atoms with E-state index in [0.717, 1.165) is 24.2 Å². The maximum atomic E-state index is 14.7. The van der Waals surface area contributed by atoms with Crippen LogP contribution in [-0.4, -0.2) is 20.7 Å². The van der Waals surface area contributed by atoms with Crippen molar-refractivity contribution in [2.24, 2.45) is 0 Å². The summed E-state index contributed by atoms with van der Waals surface area (Å²) in [5.41, 5.74) is 0.948. The first-order chi connectivity index (χ1) is 18.3. The minimum atomic E-state index is -0.525. The van der Waals surface area contributed by atoms with Gasteiger partial charge in [0.05, 0.1) is 16.9 Å². The molecule has 0 unspecified atom stereocenters. The molecular formula is C27H29FN6O3S. The zero-order chi connectivity index (χ0) is 27.0. The highest BCUT2D eigenvalue weighted by molar-refractivity contribution is 7.98. The van der Waals surface area contributed by atoms with Crippen LogP contribution in [0.2, 0.25) is 0 Å². The van der Waals surface area contributed by atoms with Crippen LogP contribution in [0.5, 0.6) is 0 Å². The Labute approximate surface area is 222 Å². The molecule has 5 rings (SSSR count). The van der Waals surface area contributed by atoms with E-state index in [0.29, 0.717) is 18.5 Å². The van der Waals surface area contributed by atoms with Gasteiger partial charge in [-0.1, -0.05) is 19.1 Å². The lowest BCUT2D eigenvalue weighted by Crippen LogP contribution is -2.40. The first kappa shape index (κ1) is 25.8. The maximum Gasteiger partial charge on any atom is 0.336 e. The highest BCUT2D eigenvalue weighted by Crippen LogP contribution is 2.34. The average Bonchev–Trinajstić information content (AvgIpc) is 3.72. The molecule has 4 aromatic rings. The summed E-state index contributed by atoms with van der Waals surface area (Å²) in [5.74, 6) is -0.483. The highest BCUT2D eigenvalue weighted by Gasteiger charge is 2.31. The van der Waals surface area contributed by atoms with Crippen molar-refractivity contribution in [1.29, 1.82) is 0 Å². The van der Waals surface area contributed by atoms with Gasteiger partial charge < -0.3 is 15.0 Å². The highest BCUT2D eigenvalue weighted by atomic mass is 32.2. The molecule has 1 aliphatic carbocycles. The lowest BCUT2D eigenvalue weighted by atomic mass is 10.1. The Morgan fingerprint density at radius 2 is 1.89 bits per heavy atom. The molecule has 0 radical (unpaired) electrons. The molecule has 1 aliphatic rings. The smallest absolute Gasteiger partial charge is 0.336 e. The van der Waals surface area contributed by atoms with E-state index in [-0.39, 0.29) is 34.0 Å². The Balaban J connectivity index is 1.75. The van der Waals surface area contributed by atoms with Crippen molar-refractivity contribution in [3.05, 3.63) is 90.6 Å². The number of H-pyrrole nitrogens is 1. The summed E-state index contributed by atoms with van der Waals surface area (Å²) in [6.45, 7) is 6.24. The van der Waals surface area contributed by atoms with Crippen LogP contribution in [0.1, 0.15) is 43.4 Å². The van der Waals surface area contributed by atoms with Gasteiger partial charge in [0.1, 0.15) is 17.0 Å². The van der Waals surface area contributed by atoms with Gasteiger partial charge in [0.15, 0.2) is 0 Å². The number of aromatic amines is 1. The summed E-state index contributed by atoms with van der Waals surface area (Å²) >= 11 is 1.33. The number of benzene rings is 2. The van der Waals surface area contributed by atoms with Gasteiger partial charge in [-0.3, -0.25) is 18.7 Å². The predicted octanol–water partition coefficient (Wildman–Crippen LogP) is 4.65. The van der Waals surface area contributed by atoms with Crippen LogP contribution in [0.15, 0.2) is 56.8 Å². The summed E-state index contributed by atoms with van der Waals surface area (Å²) in [6, 6.07) is 11.6. The minimum absolute atomic E-state index is 0.0418. The first-order valence-electron chi connectivity index (χ1n) is 12.5. The van der Waals surface area contributed by atoms with Crippen molar-refractivity contribution in [1.82, 2.24) is 18.8 Å². The van der Waals surface area contributed by atoms with Gasteiger partial charge in [0.2, 0.25) is 0 Å². The predicted molar refractivity (Wildman–Crippen MR) is 151 cm³/mol. The monoisotopic (exact) mass is 536 g/mol. The van der Waals surface area contributed by atoms with Crippen LogP contribution in [-0.2, 0) is 0 Å². The fourth-order valence-electron chi connectivity index (χ4n) is 4.38. The van der Waals surface area contributed by atoms with Gasteiger partial charge in [-0.25, -0.2) is 13.9 Å². The van der Waals surface area contributed by atoms with Crippen LogP contribution >= 0.6 is 12.1 Å². The lowest BCUT2D eigenvalue weighted by molar-refractivity contribution is 0.630. The average molecular weight is 537 g/mol. The second-order valence-electron chi connectivity index (χ2n) is 9.46. The van der Waals surface area contributed by atoms with Crippen LogP contribution in [0.25, 0.3) is 16.6 Å². The summed E-state index contributed by atoms with van der Waals surface area (Å²) in [4.78, 5) is 43.3. The van der Waals surface area contributed by atoms with Crippen molar-refractivity contribution < 1.29 is 4.39 Å². The number of halogens is 1. The third-order valence-corrected chi connectivity index (χ3v) is 7.15. The van der Waals surface area contributed by atoms with Gasteiger partial charge in [-0.2, -0.15) is 0 Å². The number of hydrogen-bond acceptors (Lipinski definition) is 7. The summed E-state index contributed by atoms with van der Waals surface area (Å²) in [6.07, 6.45) is 2.40. The lowest BCUT2D eigenvalue weighted by Gasteiger charge is -2.19. The Hall–Kier alpha value is -3.83. The number of pyridine rings is 1. The molecule has 9 nitrogen and oxygen atoms in total. The fraction of sp³-hybridized carbons (Fsp3) is 0.296. The number of nitrogens with zero attached hydrogens (tertiary/aromatic N) is 2. The molecule has 0 aliphatic heterocycles. The molecule has 198 valence electrons. The minimum Gasteiger partial charge on any atom is -0.339 e. The number of fused-ring (bicyclic) bond motifs is 1. The van der Waals surface area contributed by atoms with Crippen molar-refractivity contribution in [3.8, 4) is 5.69 Å². The van der Waals surface area contributed by atoms with E-state index in [2.05, 4.69) is 26.7 Å². The topological polar surface area (TPSA) is 113 Å². The van der Waals surface area contributed by atoms with Crippen molar-refractivity contribution in [2.45, 2.75) is 46.1 Å². The second-order valence-corrected chi connectivity index (χ2v) is 10.2. The maximum absolute atomic E-state index is 14.7. The van der Waals surface area contributed by atoms with E-state index in [1.165, 1.54) is 27.3 Å². The molecule has 0 atom stereocenters. The number of anilines is 3. The Morgan fingerprint density at radius 3 is 2.61 bits per heavy atom. The first-order valence-corrected chi connectivity index (χ1v) is 13.3. The largest absolute Gasteiger partial charge is 0.339 e. The molecule has 2 aromatic carbocycles. The molecule has 0 spiro atoms. The number of rotatable bonds is 9. The molecule has 2 aromatic heterocycles. The Morgan fingerprint density at radius 1 is 1.11 bits per heavy atom. The van der Waals surface area contributed by atoms with Crippen molar-refractivity contribution in [2.75, 3.05) is 16.6 Å². The quantitative estimate of drug-likeness (QED) is 0.182. The fourth-order valence-corrected chi connectivity index (χ4v) is 5.01. The SMILES string of the molecule is CCCNSNc1cccc(-n2c(=O)n(C3CC3)c(=O)c3c(Nc4ccc(C)cc4F)[nH]c(=O)c(C)c32)c1. The Bertz CT molecular complexity index is 1710. The van der Waals surface area contributed by atoms with Crippen LogP contribution in [0.4, 0.5) is 21.6 Å². The summed E-state index contributed by atoms with van der Waals surface area (Å²) in [7, 11) is 0.